The summed E-state index contributed by atoms with van der Waals surface area (Å²) in [6.07, 6.45) is 1.28. The van der Waals surface area contributed by atoms with Gasteiger partial charge in [0.25, 0.3) is 0 Å². The summed E-state index contributed by atoms with van der Waals surface area (Å²) < 4.78 is 5.07. The minimum absolute atomic E-state index is 0.0797. The van der Waals surface area contributed by atoms with Gasteiger partial charge in [-0.15, -0.1) is 0 Å². The van der Waals surface area contributed by atoms with Gasteiger partial charge in [0.15, 0.2) is 0 Å². The molecular weight excluding hydrogens is 248 g/mol. The van der Waals surface area contributed by atoms with Gasteiger partial charge in [0.2, 0.25) is 0 Å². The summed E-state index contributed by atoms with van der Waals surface area (Å²) in [7, 11) is 0. The number of pyridine rings is 1. The van der Waals surface area contributed by atoms with Gasteiger partial charge in [0, 0.05) is 0 Å². The number of carbonyl (C=O) groups excluding carboxylic acids is 1. The lowest BCUT2D eigenvalue weighted by molar-refractivity contribution is 0.0632. The van der Waals surface area contributed by atoms with Gasteiger partial charge in [-0.1, -0.05) is 6.92 Å². The molecule has 6 heteroatoms. The number of anilines is 1. The van der Waals surface area contributed by atoms with E-state index in [2.05, 4.69) is 10.3 Å². The van der Waals surface area contributed by atoms with Gasteiger partial charge in [0.1, 0.15) is 5.60 Å². The second kappa shape index (κ2) is 5.69. The van der Waals surface area contributed by atoms with Crippen molar-refractivity contribution in [2.45, 2.75) is 39.7 Å². The van der Waals surface area contributed by atoms with Gasteiger partial charge in [-0.2, -0.15) is 0 Å². The first kappa shape index (κ1) is 14.9. The lowest BCUT2D eigenvalue weighted by Gasteiger charge is -2.19. The third kappa shape index (κ3) is 4.57. The molecule has 0 atom stereocenters. The summed E-state index contributed by atoms with van der Waals surface area (Å²) in [5.41, 5.74) is 0.235. The van der Waals surface area contributed by atoms with Crippen LogP contribution >= 0.6 is 0 Å². The van der Waals surface area contributed by atoms with E-state index in [1.54, 1.807) is 20.8 Å². The van der Waals surface area contributed by atoms with E-state index in [-0.39, 0.29) is 5.56 Å². The van der Waals surface area contributed by atoms with Crippen LogP contribution in [0.2, 0.25) is 0 Å². The maximum atomic E-state index is 11.6. The molecule has 1 amide bonds. The minimum atomic E-state index is -1.07. The SMILES string of the molecule is CCc1ncc(NC(=O)OC(C)(C)C)cc1C(=O)O. The summed E-state index contributed by atoms with van der Waals surface area (Å²) >= 11 is 0. The minimum Gasteiger partial charge on any atom is -0.478 e. The molecule has 0 saturated carbocycles. The first-order valence-electron chi connectivity index (χ1n) is 5.95. The van der Waals surface area contributed by atoms with E-state index in [1.165, 1.54) is 12.3 Å². The molecule has 0 saturated heterocycles. The number of ether oxygens (including phenoxy) is 1. The number of aromatic carboxylic acids is 1. The molecule has 6 nitrogen and oxygen atoms in total. The fraction of sp³-hybridized carbons (Fsp3) is 0.462. The van der Waals surface area contributed by atoms with Crippen LogP contribution in [0.3, 0.4) is 0 Å². The van der Waals surface area contributed by atoms with Gasteiger partial charge < -0.3 is 9.84 Å². The van der Waals surface area contributed by atoms with Crippen LogP contribution in [0, 0.1) is 0 Å². The number of carboxylic acid groups (broad SMARTS) is 1. The van der Waals surface area contributed by atoms with E-state index < -0.39 is 17.7 Å². The van der Waals surface area contributed by atoms with E-state index >= 15 is 0 Å². The standard InChI is InChI=1S/C13H18N2O4/c1-5-10-9(11(16)17)6-8(7-14-10)15-12(18)19-13(2,3)4/h6-7H,5H2,1-4H3,(H,15,18)(H,16,17). The Morgan fingerprint density at radius 1 is 1.42 bits per heavy atom. The molecule has 104 valence electrons. The quantitative estimate of drug-likeness (QED) is 0.878. The predicted octanol–water partition coefficient (Wildman–Crippen LogP) is 2.69. The van der Waals surface area contributed by atoms with E-state index in [9.17, 15) is 9.59 Å². The lowest BCUT2D eigenvalue weighted by Crippen LogP contribution is -2.27. The summed E-state index contributed by atoms with van der Waals surface area (Å²) in [5, 5.41) is 11.5. The molecule has 0 aliphatic rings. The molecule has 0 aliphatic carbocycles. The van der Waals surface area contributed by atoms with E-state index in [0.717, 1.165) is 0 Å². The molecule has 0 radical (unpaired) electrons. The third-order valence-electron chi connectivity index (χ3n) is 2.18. The highest BCUT2D eigenvalue weighted by atomic mass is 16.6. The van der Waals surface area contributed by atoms with Crippen molar-refractivity contribution in [1.29, 1.82) is 0 Å². The maximum Gasteiger partial charge on any atom is 0.412 e. The van der Waals surface area contributed by atoms with Gasteiger partial charge in [0.05, 0.1) is 23.1 Å². The number of rotatable bonds is 3. The predicted molar refractivity (Wildman–Crippen MR) is 70.4 cm³/mol. The fourth-order valence-corrected chi connectivity index (χ4v) is 1.45. The van der Waals surface area contributed by atoms with Crippen LogP contribution in [-0.2, 0) is 11.2 Å². The highest BCUT2D eigenvalue weighted by molar-refractivity contribution is 5.92. The summed E-state index contributed by atoms with van der Waals surface area (Å²) in [4.78, 5) is 26.6. The molecular formula is C13H18N2O4. The molecule has 2 N–H and O–H groups in total. The van der Waals surface area contributed by atoms with E-state index in [0.29, 0.717) is 17.8 Å². The van der Waals surface area contributed by atoms with Crippen molar-refractivity contribution in [1.82, 2.24) is 4.98 Å². The van der Waals surface area contributed by atoms with Crippen LogP contribution in [-0.4, -0.2) is 27.8 Å². The Balaban J connectivity index is 2.88. The number of carboxylic acids is 1. The average Bonchev–Trinajstić information content (AvgIpc) is 2.26. The summed E-state index contributed by atoms with van der Waals surface area (Å²) in [6.45, 7) is 7.05. The van der Waals surface area contributed by atoms with Crippen LogP contribution in [0.1, 0.15) is 43.7 Å². The van der Waals surface area contributed by atoms with Crippen molar-refractivity contribution >= 4 is 17.7 Å². The Morgan fingerprint density at radius 3 is 2.53 bits per heavy atom. The number of carbonyl (C=O) groups is 2. The van der Waals surface area contributed by atoms with Gasteiger partial charge in [-0.3, -0.25) is 10.3 Å². The summed E-state index contributed by atoms with van der Waals surface area (Å²) in [5.74, 6) is -1.07. The van der Waals surface area contributed by atoms with E-state index in [1.807, 2.05) is 6.92 Å². The van der Waals surface area contributed by atoms with Crippen molar-refractivity contribution in [3.05, 3.63) is 23.5 Å². The molecule has 0 unspecified atom stereocenters. The van der Waals surface area contributed by atoms with Crippen LogP contribution in [0.15, 0.2) is 12.3 Å². The first-order valence-corrected chi connectivity index (χ1v) is 5.95. The number of amides is 1. The number of nitrogens with zero attached hydrogens (tertiary/aromatic N) is 1. The van der Waals surface area contributed by atoms with Crippen molar-refractivity contribution in [2.24, 2.45) is 0 Å². The topological polar surface area (TPSA) is 88.5 Å². The fourth-order valence-electron chi connectivity index (χ4n) is 1.45. The zero-order valence-corrected chi connectivity index (χ0v) is 11.5. The van der Waals surface area contributed by atoms with Crippen LogP contribution in [0.25, 0.3) is 0 Å². The van der Waals surface area contributed by atoms with Crippen LogP contribution < -0.4 is 5.32 Å². The second-order valence-electron chi connectivity index (χ2n) is 5.00. The molecule has 0 bridgehead atoms. The number of hydrogen-bond donors (Lipinski definition) is 2. The number of nitrogens with one attached hydrogen (secondary N) is 1. The largest absolute Gasteiger partial charge is 0.478 e. The molecule has 1 aromatic rings. The molecule has 19 heavy (non-hydrogen) atoms. The lowest BCUT2D eigenvalue weighted by atomic mass is 10.1. The highest BCUT2D eigenvalue weighted by Gasteiger charge is 2.17. The first-order chi connectivity index (χ1) is 8.73. The molecule has 0 spiro atoms. The average molecular weight is 266 g/mol. The second-order valence-corrected chi connectivity index (χ2v) is 5.00. The van der Waals surface area contributed by atoms with Crippen LogP contribution in [0.5, 0.6) is 0 Å². The van der Waals surface area contributed by atoms with Crippen molar-refractivity contribution in [3.63, 3.8) is 0 Å². The maximum absolute atomic E-state index is 11.6. The highest BCUT2D eigenvalue weighted by Crippen LogP contribution is 2.15. The number of aromatic nitrogens is 1. The van der Waals surface area contributed by atoms with Gasteiger partial charge in [-0.05, 0) is 33.3 Å². The molecule has 0 fully saturated rings. The Morgan fingerprint density at radius 2 is 2.05 bits per heavy atom. The molecule has 1 rings (SSSR count). The van der Waals surface area contributed by atoms with Gasteiger partial charge >= 0.3 is 12.1 Å². The zero-order chi connectivity index (χ0) is 14.6. The number of hydrogen-bond acceptors (Lipinski definition) is 4. The Kier molecular flexibility index (Phi) is 4.47. The molecule has 0 aromatic carbocycles. The van der Waals surface area contributed by atoms with Gasteiger partial charge in [-0.25, -0.2) is 9.59 Å². The normalized spacial score (nSPS) is 10.9. The molecule has 1 aromatic heterocycles. The number of aryl methyl sites for hydroxylation is 1. The monoisotopic (exact) mass is 266 g/mol. The van der Waals surface area contributed by atoms with Crippen molar-refractivity contribution < 1.29 is 19.4 Å². The molecule has 0 aliphatic heterocycles. The van der Waals surface area contributed by atoms with Crippen molar-refractivity contribution in [3.8, 4) is 0 Å². The Labute approximate surface area is 111 Å². The Hall–Kier alpha value is -2.11. The third-order valence-corrected chi connectivity index (χ3v) is 2.18. The van der Waals surface area contributed by atoms with Crippen LogP contribution in [0.4, 0.5) is 10.5 Å². The Bertz CT molecular complexity index is 492. The molecule has 1 heterocycles. The zero-order valence-electron chi connectivity index (χ0n) is 11.5. The van der Waals surface area contributed by atoms with E-state index in [4.69, 9.17) is 9.84 Å². The summed E-state index contributed by atoms with van der Waals surface area (Å²) in [6, 6.07) is 1.37. The van der Waals surface area contributed by atoms with Crippen molar-refractivity contribution in [2.75, 3.05) is 5.32 Å². The smallest absolute Gasteiger partial charge is 0.412 e.